The highest BCUT2D eigenvalue weighted by atomic mass is 127. The lowest BCUT2D eigenvalue weighted by molar-refractivity contribution is -0.152. The first kappa shape index (κ1) is 23.6. The van der Waals surface area contributed by atoms with Crippen molar-refractivity contribution in [2.75, 3.05) is 31.6 Å². The number of aliphatic hydroxyl groups is 2. The number of nitrogens with one attached hydrogen (secondary N) is 1. The summed E-state index contributed by atoms with van der Waals surface area (Å²) < 4.78 is 13.7. The van der Waals surface area contributed by atoms with Gasteiger partial charge < -0.3 is 29.9 Å². The van der Waals surface area contributed by atoms with Crippen LogP contribution in [0.5, 0.6) is 0 Å². The third kappa shape index (κ3) is 4.57. The Balaban J connectivity index is 1.40. The van der Waals surface area contributed by atoms with Gasteiger partial charge in [-0.1, -0.05) is 12.1 Å². The van der Waals surface area contributed by atoms with E-state index in [4.69, 9.17) is 21.1 Å². The number of morpholine rings is 1. The highest BCUT2D eigenvalue weighted by Gasteiger charge is 2.49. The molecule has 180 valence electrons. The molecule has 0 radical (unpaired) electrons. The molecular formula is C21H22ClIN6O5. The minimum absolute atomic E-state index is 0.0200. The number of hydrogen-bond donors (Lipinski definition) is 3. The molecule has 2 aliphatic heterocycles. The van der Waals surface area contributed by atoms with Crippen molar-refractivity contribution in [3.8, 4) is 0 Å². The van der Waals surface area contributed by atoms with Crippen molar-refractivity contribution in [3.63, 3.8) is 0 Å². The molecule has 4 atom stereocenters. The van der Waals surface area contributed by atoms with Crippen LogP contribution in [0.4, 0.5) is 5.82 Å². The van der Waals surface area contributed by atoms with Gasteiger partial charge >= 0.3 is 0 Å². The Morgan fingerprint density at radius 2 is 2.03 bits per heavy atom. The Labute approximate surface area is 213 Å². The fourth-order valence-corrected chi connectivity index (χ4v) is 4.86. The lowest BCUT2D eigenvalue weighted by Gasteiger charge is -2.29. The SMILES string of the molecule is O=C([C@H]1O[C@@H](n2cnc3c(NCc4cccc(I)c4)nc(Cl)nc32)[C@H](O)[C@@H]1O)N1CCOCC1. The molecule has 0 aliphatic carbocycles. The third-order valence-corrected chi connectivity index (χ3v) is 6.66. The van der Waals surface area contributed by atoms with Crippen molar-refractivity contribution in [3.05, 3.63) is 45.0 Å². The molecule has 0 bridgehead atoms. The summed E-state index contributed by atoms with van der Waals surface area (Å²) in [4.78, 5) is 27.3. The number of amides is 1. The normalized spacial score (nSPS) is 25.1. The largest absolute Gasteiger partial charge is 0.387 e. The minimum Gasteiger partial charge on any atom is -0.387 e. The van der Waals surface area contributed by atoms with Crippen molar-refractivity contribution < 1.29 is 24.5 Å². The van der Waals surface area contributed by atoms with Gasteiger partial charge in [-0.25, -0.2) is 4.98 Å². The number of imidazole rings is 1. The zero-order chi connectivity index (χ0) is 23.8. The first-order valence-corrected chi connectivity index (χ1v) is 12.1. The Morgan fingerprint density at radius 1 is 1.24 bits per heavy atom. The van der Waals surface area contributed by atoms with Gasteiger partial charge in [0.2, 0.25) is 5.28 Å². The van der Waals surface area contributed by atoms with E-state index in [0.29, 0.717) is 49.8 Å². The van der Waals surface area contributed by atoms with Gasteiger partial charge in [0.05, 0.1) is 19.5 Å². The molecule has 5 rings (SSSR count). The van der Waals surface area contributed by atoms with E-state index in [1.54, 1.807) is 4.90 Å². The molecule has 1 aromatic carbocycles. The Bertz CT molecular complexity index is 1210. The molecule has 11 nitrogen and oxygen atoms in total. The van der Waals surface area contributed by atoms with E-state index in [-0.39, 0.29) is 5.28 Å². The maximum atomic E-state index is 12.9. The zero-order valence-electron chi connectivity index (χ0n) is 17.8. The summed E-state index contributed by atoms with van der Waals surface area (Å²) in [5, 5.41) is 24.5. The molecule has 0 saturated carbocycles. The molecule has 13 heteroatoms. The van der Waals surface area contributed by atoms with Crippen LogP contribution in [0.2, 0.25) is 5.28 Å². The summed E-state index contributed by atoms with van der Waals surface area (Å²) in [6, 6.07) is 8.00. The number of ether oxygens (including phenoxy) is 2. The summed E-state index contributed by atoms with van der Waals surface area (Å²) in [6.45, 7) is 2.13. The number of benzene rings is 1. The second-order valence-electron chi connectivity index (χ2n) is 8.01. The van der Waals surface area contributed by atoms with Crippen molar-refractivity contribution in [1.29, 1.82) is 0 Å². The lowest BCUT2D eigenvalue weighted by atomic mass is 10.1. The number of aliphatic hydroxyl groups excluding tert-OH is 2. The number of aromatic nitrogens is 4. The molecule has 2 saturated heterocycles. The minimum atomic E-state index is -1.41. The van der Waals surface area contributed by atoms with Crippen molar-refractivity contribution in [2.24, 2.45) is 0 Å². The highest BCUT2D eigenvalue weighted by Crippen LogP contribution is 2.34. The summed E-state index contributed by atoms with van der Waals surface area (Å²) in [5.74, 6) is 0.0240. The van der Waals surface area contributed by atoms with E-state index >= 15 is 0 Å². The zero-order valence-corrected chi connectivity index (χ0v) is 20.8. The van der Waals surface area contributed by atoms with Crippen LogP contribution in [0.25, 0.3) is 11.2 Å². The predicted molar refractivity (Wildman–Crippen MR) is 130 cm³/mol. The second kappa shape index (κ2) is 9.87. The fourth-order valence-electron chi connectivity index (χ4n) is 4.09. The summed E-state index contributed by atoms with van der Waals surface area (Å²) in [5.41, 5.74) is 1.78. The van der Waals surface area contributed by atoms with Crippen molar-refractivity contribution >= 4 is 57.1 Å². The van der Waals surface area contributed by atoms with Gasteiger partial charge in [0.25, 0.3) is 5.91 Å². The van der Waals surface area contributed by atoms with Crippen LogP contribution < -0.4 is 5.32 Å². The number of carbonyl (C=O) groups is 1. The lowest BCUT2D eigenvalue weighted by Crippen LogP contribution is -2.49. The topological polar surface area (TPSA) is 135 Å². The number of rotatable bonds is 5. The average molecular weight is 601 g/mol. The number of carbonyl (C=O) groups excluding carboxylic acids is 1. The number of anilines is 1. The molecule has 3 N–H and O–H groups in total. The number of halogens is 2. The molecule has 34 heavy (non-hydrogen) atoms. The number of hydrogen-bond acceptors (Lipinski definition) is 9. The summed E-state index contributed by atoms with van der Waals surface area (Å²) in [7, 11) is 0. The predicted octanol–water partition coefficient (Wildman–Crippen LogP) is 1.17. The molecule has 0 spiro atoms. The van der Waals surface area contributed by atoms with Gasteiger partial charge in [0, 0.05) is 23.2 Å². The van der Waals surface area contributed by atoms with Crippen molar-refractivity contribution in [2.45, 2.75) is 31.1 Å². The Hall–Kier alpha value is -2.10. The van der Waals surface area contributed by atoms with Crippen LogP contribution in [-0.4, -0.2) is 85.2 Å². The van der Waals surface area contributed by atoms with E-state index in [2.05, 4.69) is 42.9 Å². The molecule has 2 aromatic heterocycles. The van der Waals surface area contributed by atoms with E-state index in [1.165, 1.54) is 10.9 Å². The maximum absolute atomic E-state index is 12.9. The fraction of sp³-hybridized carbons (Fsp3) is 0.429. The molecule has 2 aliphatic rings. The van der Waals surface area contributed by atoms with Gasteiger partial charge in [-0.3, -0.25) is 9.36 Å². The maximum Gasteiger partial charge on any atom is 0.254 e. The molecule has 0 unspecified atom stereocenters. The van der Waals surface area contributed by atoms with Crippen LogP contribution in [0, 0.1) is 3.57 Å². The van der Waals surface area contributed by atoms with Crippen LogP contribution in [0.15, 0.2) is 30.6 Å². The van der Waals surface area contributed by atoms with Crippen LogP contribution in [0.3, 0.4) is 0 Å². The van der Waals surface area contributed by atoms with E-state index in [1.807, 2.05) is 24.3 Å². The Kier molecular flexibility index (Phi) is 6.86. The highest BCUT2D eigenvalue weighted by molar-refractivity contribution is 14.1. The van der Waals surface area contributed by atoms with Crippen molar-refractivity contribution in [1.82, 2.24) is 24.4 Å². The van der Waals surface area contributed by atoms with E-state index in [9.17, 15) is 15.0 Å². The Morgan fingerprint density at radius 3 is 2.79 bits per heavy atom. The quantitative estimate of drug-likeness (QED) is 0.291. The molecule has 1 amide bonds. The average Bonchev–Trinajstić information content (AvgIpc) is 3.38. The standard InChI is InChI=1S/C21H22ClIN6O5/c22-21-26-17(24-9-11-2-1-3-12(23)8-11)13-18(27-21)29(10-25-13)20-15(31)14(30)16(34-20)19(32)28-4-6-33-7-5-28/h1-3,8,10,14-16,20,30-31H,4-7,9H2,(H,24,26,27)/t14-,15+,16-,20+/m0/s1. The molecular weight excluding hydrogens is 579 g/mol. The smallest absolute Gasteiger partial charge is 0.254 e. The molecule has 4 heterocycles. The van der Waals surface area contributed by atoms with Crippen LogP contribution in [-0.2, 0) is 20.8 Å². The second-order valence-corrected chi connectivity index (χ2v) is 9.60. The van der Waals surface area contributed by atoms with Gasteiger partial charge in [0.1, 0.15) is 12.2 Å². The summed E-state index contributed by atoms with van der Waals surface area (Å²) >= 11 is 8.43. The molecule has 2 fully saturated rings. The van der Waals surface area contributed by atoms with E-state index < -0.39 is 30.4 Å². The first-order valence-electron chi connectivity index (χ1n) is 10.7. The van der Waals surface area contributed by atoms with Crippen LogP contribution >= 0.6 is 34.2 Å². The third-order valence-electron chi connectivity index (χ3n) is 5.82. The van der Waals surface area contributed by atoms with Crippen LogP contribution in [0.1, 0.15) is 11.8 Å². The summed E-state index contributed by atoms with van der Waals surface area (Å²) in [6.07, 6.45) is -3.65. The first-order chi connectivity index (χ1) is 16.4. The molecule has 3 aromatic rings. The number of fused-ring (bicyclic) bond motifs is 1. The monoisotopic (exact) mass is 600 g/mol. The van der Waals surface area contributed by atoms with Gasteiger partial charge in [-0.05, 0) is 51.9 Å². The van der Waals surface area contributed by atoms with Gasteiger partial charge in [-0.2, -0.15) is 9.97 Å². The van der Waals surface area contributed by atoms with Gasteiger partial charge in [0.15, 0.2) is 29.3 Å². The van der Waals surface area contributed by atoms with E-state index in [0.717, 1.165) is 9.13 Å². The van der Waals surface area contributed by atoms with Gasteiger partial charge in [-0.15, -0.1) is 0 Å². The number of nitrogens with zero attached hydrogens (tertiary/aromatic N) is 5.